The summed E-state index contributed by atoms with van der Waals surface area (Å²) in [7, 11) is 0. The molecular formula is C14H20N2O5S. The van der Waals surface area contributed by atoms with Crippen molar-refractivity contribution >= 4 is 23.6 Å². The highest BCUT2D eigenvalue weighted by Crippen LogP contribution is 2.27. The van der Waals surface area contributed by atoms with E-state index >= 15 is 0 Å². The number of hydrogen-bond donors (Lipinski definition) is 2. The van der Waals surface area contributed by atoms with Gasteiger partial charge in [0.25, 0.3) is 5.69 Å². The Morgan fingerprint density at radius 1 is 1.41 bits per heavy atom. The van der Waals surface area contributed by atoms with Crippen LogP contribution < -0.4 is 4.72 Å². The van der Waals surface area contributed by atoms with E-state index < -0.39 is 28.6 Å². The van der Waals surface area contributed by atoms with E-state index in [4.69, 9.17) is 4.74 Å². The average Bonchev–Trinajstić information content (AvgIpc) is 2.36. The van der Waals surface area contributed by atoms with Gasteiger partial charge in [-0.05, 0) is 45.7 Å². The molecule has 0 aliphatic heterocycles. The SMILES string of the molecule is C[C@H](OC(C)(C)C)[C@H](NSc1ccccc1[N+](=O)[O-])C(=O)O. The summed E-state index contributed by atoms with van der Waals surface area (Å²) >= 11 is 0.914. The van der Waals surface area contributed by atoms with Crippen LogP contribution in [-0.4, -0.2) is 33.7 Å². The van der Waals surface area contributed by atoms with Gasteiger partial charge in [-0.25, -0.2) is 4.72 Å². The van der Waals surface area contributed by atoms with Crippen LogP contribution in [0, 0.1) is 10.1 Å². The van der Waals surface area contributed by atoms with E-state index in [9.17, 15) is 20.0 Å². The molecule has 1 rings (SSSR count). The van der Waals surface area contributed by atoms with Gasteiger partial charge in [0.1, 0.15) is 10.9 Å². The molecule has 0 fully saturated rings. The Kier molecular flexibility index (Phi) is 6.34. The minimum atomic E-state index is -1.08. The Morgan fingerprint density at radius 3 is 2.50 bits per heavy atom. The van der Waals surface area contributed by atoms with Gasteiger partial charge in [0.05, 0.1) is 16.6 Å². The molecule has 8 heteroatoms. The van der Waals surface area contributed by atoms with Crippen LogP contribution in [0.4, 0.5) is 5.69 Å². The lowest BCUT2D eigenvalue weighted by Gasteiger charge is -2.29. The molecule has 0 bridgehead atoms. The van der Waals surface area contributed by atoms with Gasteiger partial charge >= 0.3 is 5.97 Å². The first-order valence-corrected chi connectivity index (χ1v) is 7.50. The summed E-state index contributed by atoms with van der Waals surface area (Å²) in [6.45, 7) is 7.14. The van der Waals surface area contributed by atoms with Crippen LogP contribution >= 0.6 is 11.9 Å². The molecule has 0 unspecified atom stereocenters. The zero-order valence-electron chi connectivity index (χ0n) is 12.9. The molecule has 0 spiro atoms. The normalized spacial score (nSPS) is 14.4. The number of rotatable bonds is 7. The number of para-hydroxylation sites is 1. The number of nitro benzene ring substituents is 1. The van der Waals surface area contributed by atoms with Crippen molar-refractivity contribution in [2.75, 3.05) is 0 Å². The monoisotopic (exact) mass is 328 g/mol. The van der Waals surface area contributed by atoms with Gasteiger partial charge < -0.3 is 9.84 Å². The number of hydrogen-bond acceptors (Lipinski definition) is 6. The van der Waals surface area contributed by atoms with E-state index in [2.05, 4.69) is 4.72 Å². The van der Waals surface area contributed by atoms with Gasteiger partial charge in [-0.1, -0.05) is 12.1 Å². The Balaban J connectivity index is 2.82. The highest BCUT2D eigenvalue weighted by Gasteiger charge is 2.29. The van der Waals surface area contributed by atoms with Gasteiger partial charge in [0, 0.05) is 6.07 Å². The van der Waals surface area contributed by atoms with Gasteiger partial charge in [-0.15, -0.1) is 0 Å². The predicted octanol–water partition coefficient (Wildman–Crippen LogP) is 2.85. The zero-order chi connectivity index (χ0) is 16.9. The molecule has 22 heavy (non-hydrogen) atoms. The van der Waals surface area contributed by atoms with Crippen molar-refractivity contribution in [2.24, 2.45) is 0 Å². The first-order valence-electron chi connectivity index (χ1n) is 6.68. The third kappa shape index (κ3) is 5.63. The van der Waals surface area contributed by atoms with Gasteiger partial charge in [-0.3, -0.25) is 14.9 Å². The lowest BCUT2D eigenvalue weighted by molar-refractivity contribution is -0.387. The Hall–Kier alpha value is -1.64. The Labute approximate surface area is 133 Å². The molecule has 7 nitrogen and oxygen atoms in total. The van der Waals surface area contributed by atoms with Crippen molar-refractivity contribution in [3.8, 4) is 0 Å². The van der Waals surface area contributed by atoms with Crippen LogP contribution in [0.25, 0.3) is 0 Å². The number of carboxylic acids is 1. The van der Waals surface area contributed by atoms with Crippen LogP contribution in [0.2, 0.25) is 0 Å². The maximum Gasteiger partial charge on any atom is 0.324 e. The summed E-state index contributed by atoms with van der Waals surface area (Å²) in [6.07, 6.45) is -0.604. The maximum atomic E-state index is 11.4. The number of aliphatic carboxylic acids is 1. The van der Waals surface area contributed by atoms with Crippen LogP contribution in [-0.2, 0) is 9.53 Å². The molecule has 2 N–H and O–H groups in total. The number of carbonyl (C=O) groups is 1. The van der Waals surface area contributed by atoms with Crippen molar-refractivity contribution in [2.45, 2.75) is 50.3 Å². The van der Waals surface area contributed by atoms with E-state index in [1.54, 1.807) is 25.1 Å². The molecule has 2 atom stereocenters. The number of ether oxygens (including phenoxy) is 1. The van der Waals surface area contributed by atoms with E-state index in [-0.39, 0.29) is 5.69 Å². The van der Waals surface area contributed by atoms with Crippen molar-refractivity contribution in [1.29, 1.82) is 0 Å². The maximum absolute atomic E-state index is 11.4. The number of nitrogens with zero attached hydrogens (tertiary/aromatic N) is 1. The summed E-state index contributed by atoms with van der Waals surface area (Å²) in [5.41, 5.74) is -0.563. The molecule has 122 valence electrons. The topological polar surface area (TPSA) is 102 Å². The second kappa shape index (κ2) is 7.57. The highest BCUT2D eigenvalue weighted by molar-refractivity contribution is 7.97. The van der Waals surface area contributed by atoms with E-state index in [1.165, 1.54) is 6.07 Å². The minimum Gasteiger partial charge on any atom is -0.480 e. The van der Waals surface area contributed by atoms with Crippen LogP contribution in [0.3, 0.4) is 0 Å². The first kappa shape index (κ1) is 18.4. The van der Waals surface area contributed by atoms with Crippen LogP contribution in [0.15, 0.2) is 29.2 Å². The average molecular weight is 328 g/mol. The molecule has 1 aromatic rings. The summed E-state index contributed by atoms with van der Waals surface area (Å²) in [5.74, 6) is -1.08. The van der Waals surface area contributed by atoms with Crippen molar-refractivity contribution in [3.63, 3.8) is 0 Å². The fourth-order valence-corrected chi connectivity index (χ4v) is 2.73. The minimum absolute atomic E-state index is 0.0754. The lowest BCUT2D eigenvalue weighted by atomic mass is 10.1. The number of benzene rings is 1. The van der Waals surface area contributed by atoms with E-state index in [0.717, 1.165) is 11.9 Å². The molecule has 0 saturated carbocycles. The molecule has 1 aromatic carbocycles. The second-order valence-electron chi connectivity index (χ2n) is 5.70. The van der Waals surface area contributed by atoms with Gasteiger partial charge in [0.15, 0.2) is 0 Å². The summed E-state index contributed by atoms with van der Waals surface area (Å²) < 4.78 is 8.38. The fraction of sp³-hybridized carbons (Fsp3) is 0.500. The molecule has 0 amide bonds. The fourth-order valence-electron chi connectivity index (χ4n) is 1.79. The van der Waals surface area contributed by atoms with E-state index in [1.807, 2.05) is 20.8 Å². The summed E-state index contributed by atoms with van der Waals surface area (Å²) in [5, 5.41) is 20.3. The predicted molar refractivity (Wildman–Crippen MR) is 83.8 cm³/mol. The second-order valence-corrected chi connectivity index (χ2v) is 6.58. The number of carboxylic acid groups (broad SMARTS) is 1. The third-order valence-corrected chi connectivity index (χ3v) is 3.57. The largest absolute Gasteiger partial charge is 0.480 e. The Bertz CT molecular complexity index is 544. The lowest BCUT2D eigenvalue weighted by Crippen LogP contribution is -2.45. The molecule has 0 saturated heterocycles. The number of nitrogens with one attached hydrogen (secondary N) is 1. The van der Waals surface area contributed by atoms with E-state index in [0.29, 0.717) is 4.90 Å². The molecule has 0 radical (unpaired) electrons. The summed E-state index contributed by atoms with van der Waals surface area (Å²) in [4.78, 5) is 22.2. The van der Waals surface area contributed by atoms with Gasteiger partial charge in [0.2, 0.25) is 0 Å². The van der Waals surface area contributed by atoms with Crippen molar-refractivity contribution in [3.05, 3.63) is 34.4 Å². The standard InChI is InChI=1S/C14H20N2O5S/c1-9(21-14(2,3)4)12(13(17)18)15-22-11-8-6-5-7-10(11)16(19)20/h5-9,12,15H,1-4H3,(H,17,18)/t9-,12-/m0/s1. The quantitative estimate of drug-likeness (QED) is 0.451. The molecule has 0 heterocycles. The van der Waals surface area contributed by atoms with Crippen LogP contribution in [0.5, 0.6) is 0 Å². The Morgan fingerprint density at radius 2 is 2.00 bits per heavy atom. The molecule has 0 aliphatic rings. The van der Waals surface area contributed by atoms with Crippen molar-refractivity contribution in [1.82, 2.24) is 4.72 Å². The highest BCUT2D eigenvalue weighted by atomic mass is 32.2. The third-order valence-electron chi connectivity index (χ3n) is 2.63. The smallest absolute Gasteiger partial charge is 0.324 e. The zero-order valence-corrected chi connectivity index (χ0v) is 13.7. The first-order chi connectivity index (χ1) is 10.1. The number of nitro groups is 1. The molecule has 0 aromatic heterocycles. The van der Waals surface area contributed by atoms with Crippen LogP contribution in [0.1, 0.15) is 27.7 Å². The van der Waals surface area contributed by atoms with Crippen molar-refractivity contribution < 1.29 is 19.6 Å². The molecular weight excluding hydrogens is 308 g/mol. The van der Waals surface area contributed by atoms with Gasteiger partial charge in [-0.2, -0.15) is 0 Å². The molecule has 0 aliphatic carbocycles. The summed E-state index contributed by atoms with van der Waals surface area (Å²) in [6, 6.07) is 5.15.